The average molecular weight is 207 g/mol. The lowest BCUT2D eigenvalue weighted by Crippen LogP contribution is -2.20. The SMILES string of the molecule is Cc1ccc([C@H](N)C2CCCCCC2)o1. The second kappa shape index (κ2) is 4.84. The lowest BCUT2D eigenvalue weighted by atomic mass is 9.91. The van der Waals surface area contributed by atoms with Crippen molar-refractivity contribution in [3.05, 3.63) is 23.7 Å². The maximum Gasteiger partial charge on any atom is 0.121 e. The van der Waals surface area contributed by atoms with Crippen molar-refractivity contribution in [3.63, 3.8) is 0 Å². The fraction of sp³-hybridized carbons (Fsp3) is 0.692. The Kier molecular flexibility index (Phi) is 3.47. The highest BCUT2D eigenvalue weighted by atomic mass is 16.3. The zero-order valence-corrected chi connectivity index (χ0v) is 9.54. The summed E-state index contributed by atoms with van der Waals surface area (Å²) in [5.74, 6) is 2.56. The van der Waals surface area contributed by atoms with Crippen molar-refractivity contribution < 1.29 is 4.42 Å². The van der Waals surface area contributed by atoms with Crippen LogP contribution in [-0.4, -0.2) is 0 Å². The average Bonchev–Trinajstić information content (AvgIpc) is 2.53. The third kappa shape index (κ3) is 2.63. The molecule has 0 radical (unpaired) electrons. The molecule has 1 aliphatic rings. The summed E-state index contributed by atoms with van der Waals surface area (Å²) in [6, 6.07) is 4.15. The predicted octanol–water partition coefficient (Wildman–Crippen LogP) is 3.56. The number of furan rings is 1. The Morgan fingerprint density at radius 1 is 1.20 bits per heavy atom. The maximum absolute atomic E-state index is 6.26. The van der Waals surface area contributed by atoms with Crippen LogP contribution in [-0.2, 0) is 0 Å². The first kappa shape index (κ1) is 10.7. The topological polar surface area (TPSA) is 39.2 Å². The van der Waals surface area contributed by atoms with Gasteiger partial charge in [0.25, 0.3) is 0 Å². The summed E-state index contributed by atoms with van der Waals surface area (Å²) in [4.78, 5) is 0. The van der Waals surface area contributed by atoms with E-state index in [2.05, 4.69) is 0 Å². The van der Waals surface area contributed by atoms with E-state index in [1.807, 2.05) is 19.1 Å². The standard InChI is InChI=1S/C13H21NO/c1-10-8-9-12(15-10)13(14)11-6-4-2-3-5-7-11/h8-9,11,13H,2-7,14H2,1H3/t13-/m1/s1. The summed E-state index contributed by atoms with van der Waals surface area (Å²) >= 11 is 0. The molecule has 2 heteroatoms. The molecule has 15 heavy (non-hydrogen) atoms. The minimum Gasteiger partial charge on any atom is -0.465 e. The molecule has 1 saturated carbocycles. The highest BCUT2D eigenvalue weighted by Gasteiger charge is 2.22. The van der Waals surface area contributed by atoms with Crippen LogP contribution in [0.2, 0.25) is 0 Å². The molecule has 0 spiro atoms. The van der Waals surface area contributed by atoms with Crippen LogP contribution in [0.1, 0.15) is 56.1 Å². The lowest BCUT2D eigenvalue weighted by molar-refractivity contribution is 0.328. The molecule has 1 aliphatic carbocycles. The van der Waals surface area contributed by atoms with E-state index in [1.165, 1.54) is 38.5 Å². The van der Waals surface area contributed by atoms with Crippen molar-refractivity contribution in [2.24, 2.45) is 11.7 Å². The molecule has 2 N–H and O–H groups in total. The van der Waals surface area contributed by atoms with Crippen molar-refractivity contribution in [1.29, 1.82) is 0 Å². The van der Waals surface area contributed by atoms with Gasteiger partial charge < -0.3 is 10.2 Å². The highest BCUT2D eigenvalue weighted by Crippen LogP contribution is 2.32. The lowest BCUT2D eigenvalue weighted by Gasteiger charge is -2.20. The number of nitrogens with two attached hydrogens (primary N) is 1. The Hall–Kier alpha value is -0.760. The summed E-state index contributed by atoms with van der Waals surface area (Å²) in [6.45, 7) is 1.98. The van der Waals surface area contributed by atoms with Crippen LogP contribution >= 0.6 is 0 Å². The molecule has 0 aromatic carbocycles. The van der Waals surface area contributed by atoms with Crippen LogP contribution in [0.4, 0.5) is 0 Å². The summed E-state index contributed by atoms with van der Waals surface area (Å²) in [6.07, 6.45) is 7.94. The number of hydrogen-bond donors (Lipinski definition) is 1. The van der Waals surface area contributed by atoms with Crippen LogP contribution in [0.3, 0.4) is 0 Å². The van der Waals surface area contributed by atoms with Gasteiger partial charge in [-0.3, -0.25) is 0 Å². The van der Waals surface area contributed by atoms with Gasteiger partial charge in [-0.2, -0.15) is 0 Å². The smallest absolute Gasteiger partial charge is 0.121 e. The van der Waals surface area contributed by atoms with Gasteiger partial charge in [0.05, 0.1) is 6.04 Å². The summed E-state index contributed by atoms with van der Waals surface area (Å²) in [5.41, 5.74) is 6.26. The zero-order chi connectivity index (χ0) is 10.7. The minimum atomic E-state index is 0.108. The Bertz CT molecular complexity index is 297. The van der Waals surface area contributed by atoms with Crippen molar-refractivity contribution in [2.75, 3.05) is 0 Å². The van der Waals surface area contributed by atoms with Gasteiger partial charge in [0.15, 0.2) is 0 Å². The van der Waals surface area contributed by atoms with Gasteiger partial charge in [-0.1, -0.05) is 25.7 Å². The minimum absolute atomic E-state index is 0.108. The summed E-state index contributed by atoms with van der Waals surface area (Å²) in [7, 11) is 0. The van der Waals surface area contributed by atoms with E-state index in [4.69, 9.17) is 10.2 Å². The van der Waals surface area contributed by atoms with Gasteiger partial charge in [-0.05, 0) is 37.8 Å². The molecule has 0 amide bonds. The van der Waals surface area contributed by atoms with E-state index in [0.29, 0.717) is 5.92 Å². The normalized spacial score (nSPS) is 21.2. The molecule has 2 nitrogen and oxygen atoms in total. The highest BCUT2D eigenvalue weighted by molar-refractivity contribution is 5.10. The van der Waals surface area contributed by atoms with Gasteiger partial charge in [-0.25, -0.2) is 0 Å². The Morgan fingerprint density at radius 3 is 2.40 bits per heavy atom. The molecule has 0 saturated heterocycles. The molecule has 1 heterocycles. The molecule has 84 valence electrons. The molecule has 0 bridgehead atoms. The second-order valence-electron chi connectivity index (χ2n) is 4.73. The monoisotopic (exact) mass is 207 g/mol. The van der Waals surface area contributed by atoms with Crippen molar-refractivity contribution >= 4 is 0 Å². The largest absolute Gasteiger partial charge is 0.465 e. The quantitative estimate of drug-likeness (QED) is 0.753. The van der Waals surface area contributed by atoms with Crippen molar-refractivity contribution in [1.82, 2.24) is 0 Å². The third-order valence-electron chi connectivity index (χ3n) is 3.50. The maximum atomic E-state index is 6.26. The van der Waals surface area contributed by atoms with E-state index in [9.17, 15) is 0 Å². The Morgan fingerprint density at radius 2 is 1.87 bits per heavy atom. The molecule has 0 unspecified atom stereocenters. The van der Waals surface area contributed by atoms with Gasteiger partial charge in [0.1, 0.15) is 11.5 Å². The van der Waals surface area contributed by atoms with Gasteiger partial charge in [0.2, 0.25) is 0 Å². The Labute approximate surface area is 91.8 Å². The van der Waals surface area contributed by atoms with Crippen LogP contribution in [0.25, 0.3) is 0 Å². The van der Waals surface area contributed by atoms with E-state index in [1.54, 1.807) is 0 Å². The molecular weight excluding hydrogens is 186 g/mol. The van der Waals surface area contributed by atoms with E-state index < -0.39 is 0 Å². The molecular formula is C13H21NO. The second-order valence-corrected chi connectivity index (χ2v) is 4.73. The number of rotatable bonds is 2. The Balaban J connectivity index is 2.02. The van der Waals surface area contributed by atoms with Gasteiger partial charge in [-0.15, -0.1) is 0 Å². The third-order valence-corrected chi connectivity index (χ3v) is 3.50. The number of aryl methyl sites for hydroxylation is 1. The molecule has 1 fully saturated rings. The van der Waals surface area contributed by atoms with Gasteiger partial charge in [0, 0.05) is 0 Å². The van der Waals surface area contributed by atoms with E-state index >= 15 is 0 Å². The van der Waals surface area contributed by atoms with E-state index in [0.717, 1.165) is 11.5 Å². The van der Waals surface area contributed by atoms with Crippen LogP contribution in [0.5, 0.6) is 0 Å². The first-order chi connectivity index (χ1) is 7.27. The molecule has 1 aromatic heterocycles. The summed E-state index contributed by atoms with van der Waals surface area (Å²) in [5, 5.41) is 0. The van der Waals surface area contributed by atoms with Crippen LogP contribution in [0, 0.1) is 12.8 Å². The predicted molar refractivity (Wildman–Crippen MR) is 61.6 cm³/mol. The van der Waals surface area contributed by atoms with Crippen molar-refractivity contribution in [2.45, 2.75) is 51.5 Å². The fourth-order valence-electron chi connectivity index (χ4n) is 2.53. The molecule has 1 atom stereocenters. The van der Waals surface area contributed by atoms with Gasteiger partial charge >= 0.3 is 0 Å². The molecule has 2 rings (SSSR count). The fourth-order valence-corrected chi connectivity index (χ4v) is 2.53. The molecule has 0 aliphatic heterocycles. The first-order valence-corrected chi connectivity index (χ1v) is 6.09. The zero-order valence-electron chi connectivity index (χ0n) is 9.54. The van der Waals surface area contributed by atoms with Crippen LogP contribution < -0.4 is 5.73 Å². The number of hydrogen-bond acceptors (Lipinski definition) is 2. The summed E-state index contributed by atoms with van der Waals surface area (Å²) < 4.78 is 5.61. The van der Waals surface area contributed by atoms with Crippen molar-refractivity contribution in [3.8, 4) is 0 Å². The van der Waals surface area contributed by atoms with Crippen LogP contribution in [0.15, 0.2) is 16.5 Å². The first-order valence-electron chi connectivity index (χ1n) is 6.09. The van der Waals surface area contributed by atoms with E-state index in [-0.39, 0.29) is 6.04 Å². The molecule has 1 aromatic rings.